The second-order valence-electron chi connectivity index (χ2n) is 4.02. The minimum atomic E-state index is -0.743. The molecule has 0 aliphatic carbocycles. The molecule has 0 saturated carbocycles. The van der Waals surface area contributed by atoms with E-state index in [0.29, 0.717) is 17.3 Å². The van der Waals surface area contributed by atoms with Crippen molar-refractivity contribution in [2.75, 3.05) is 19.0 Å². The van der Waals surface area contributed by atoms with Gasteiger partial charge in [0.05, 0.1) is 17.7 Å². The molecule has 0 unspecified atom stereocenters. The monoisotopic (exact) mass is 229 g/mol. The van der Waals surface area contributed by atoms with E-state index in [9.17, 15) is 5.11 Å². The van der Waals surface area contributed by atoms with Gasteiger partial charge in [-0.05, 0) is 26.0 Å². The minimum Gasteiger partial charge on any atom is -0.495 e. The Morgan fingerprint density at radius 2 is 2.13 bits per heavy atom. The topological polar surface area (TPSA) is 41.5 Å². The van der Waals surface area contributed by atoms with E-state index in [2.05, 4.69) is 5.32 Å². The molecule has 0 heterocycles. The first kappa shape index (κ1) is 12.1. The van der Waals surface area contributed by atoms with Crippen LogP contribution in [0.15, 0.2) is 18.2 Å². The lowest BCUT2D eigenvalue weighted by Gasteiger charge is -2.18. The summed E-state index contributed by atoms with van der Waals surface area (Å²) in [7, 11) is 1.57. The van der Waals surface area contributed by atoms with Crippen molar-refractivity contribution >= 4 is 17.3 Å². The highest BCUT2D eigenvalue weighted by Gasteiger charge is 2.12. The number of aliphatic hydroxyl groups is 1. The van der Waals surface area contributed by atoms with E-state index in [0.717, 1.165) is 5.69 Å². The first-order chi connectivity index (χ1) is 6.92. The number of hydrogen-bond donors (Lipinski definition) is 2. The van der Waals surface area contributed by atoms with Crippen molar-refractivity contribution in [2.24, 2.45) is 0 Å². The Balaban J connectivity index is 2.70. The van der Waals surface area contributed by atoms with Crippen LogP contribution in [-0.2, 0) is 0 Å². The quantitative estimate of drug-likeness (QED) is 0.834. The average Bonchev–Trinajstić information content (AvgIpc) is 2.15. The standard InChI is InChI=1S/C11H16ClNO2/c1-11(2,14)7-13-8-4-5-9(12)10(6-8)15-3/h4-6,13-14H,7H2,1-3H3. The maximum atomic E-state index is 9.54. The highest BCUT2D eigenvalue weighted by atomic mass is 35.5. The summed E-state index contributed by atoms with van der Waals surface area (Å²) in [6.07, 6.45) is 0. The zero-order valence-corrected chi connectivity index (χ0v) is 9.93. The van der Waals surface area contributed by atoms with Gasteiger partial charge in [-0.3, -0.25) is 0 Å². The van der Waals surface area contributed by atoms with E-state index in [4.69, 9.17) is 16.3 Å². The van der Waals surface area contributed by atoms with Gasteiger partial charge in [0.25, 0.3) is 0 Å². The number of nitrogens with one attached hydrogen (secondary N) is 1. The lowest BCUT2D eigenvalue weighted by Crippen LogP contribution is -2.29. The Bertz CT molecular complexity index is 334. The summed E-state index contributed by atoms with van der Waals surface area (Å²) in [6.45, 7) is 3.96. The Hall–Kier alpha value is -0.930. The predicted octanol–water partition coefficient (Wildman–Crippen LogP) is 2.53. The highest BCUT2D eigenvalue weighted by molar-refractivity contribution is 6.32. The largest absolute Gasteiger partial charge is 0.495 e. The predicted molar refractivity (Wildman–Crippen MR) is 62.8 cm³/mol. The van der Waals surface area contributed by atoms with E-state index < -0.39 is 5.60 Å². The van der Waals surface area contributed by atoms with E-state index >= 15 is 0 Å². The first-order valence-electron chi connectivity index (χ1n) is 4.72. The molecule has 15 heavy (non-hydrogen) atoms. The molecule has 0 aliphatic heterocycles. The van der Waals surface area contributed by atoms with Crippen LogP contribution in [0.1, 0.15) is 13.8 Å². The fraction of sp³-hybridized carbons (Fsp3) is 0.455. The molecule has 0 aromatic heterocycles. The maximum Gasteiger partial charge on any atom is 0.139 e. The number of methoxy groups -OCH3 is 1. The number of anilines is 1. The first-order valence-corrected chi connectivity index (χ1v) is 5.10. The van der Waals surface area contributed by atoms with Gasteiger partial charge in [-0.15, -0.1) is 0 Å². The Morgan fingerprint density at radius 1 is 1.47 bits per heavy atom. The van der Waals surface area contributed by atoms with Crippen LogP contribution in [0.2, 0.25) is 5.02 Å². The molecule has 0 bridgehead atoms. The van der Waals surface area contributed by atoms with Crippen LogP contribution in [-0.4, -0.2) is 24.4 Å². The van der Waals surface area contributed by atoms with Crippen molar-refractivity contribution in [3.8, 4) is 5.75 Å². The normalized spacial score (nSPS) is 11.3. The fourth-order valence-electron chi connectivity index (χ4n) is 1.09. The number of halogens is 1. The summed E-state index contributed by atoms with van der Waals surface area (Å²) in [5, 5.41) is 13.2. The van der Waals surface area contributed by atoms with Crippen LogP contribution in [0.25, 0.3) is 0 Å². The fourth-order valence-corrected chi connectivity index (χ4v) is 1.28. The molecule has 0 saturated heterocycles. The lowest BCUT2D eigenvalue weighted by molar-refractivity contribution is 0.0945. The Labute approximate surface area is 95.0 Å². The van der Waals surface area contributed by atoms with Crippen LogP contribution in [0.3, 0.4) is 0 Å². The second kappa shape index (κ2) is 4.73. The van der Waals surface area contributed by atoms with Crippen molar-refractivity contribution in [1.29, 1.82) is 0 Å². The SMILES string of the molecule is COc1cc(NCC(C)(C)O)ccc1Cl. The molecule has 1 aromatic carbocycles. The molecule has 1 rings (SSSR count). The number of hydrogen-bond acceptors (Lipinski definition) is 3. The summed E-state index contributed by atoms with van der Waals surface area (Å²) in [5.41, 5.74) is 0.130. The lowest BCUT2D eigenvalue weighted by atomic mass is 10.1. The van der Waals surface area contributed by atoms with Crippen molar-refractivity contribution in [3.63, 3.8) is 0 Å². The van der Waals surface area contributed by atoms with Gasteiger partial charge in [-0.25, -0.2) is 0 Å². The molecule has 0 aliphatic rings. The summed E-state index contributed by atoms with van der Waals surface area (Å²) in [6, 6.07) is 5.40. The highest BCUT2D eigenvalue weighted by Crippen LogP contribution is 2.27. The number of rotatable bonds is 4. The van der Waals surface area contributed by atoms with Gasteiger partial charge in [-0.2, -0.15) is 0 Å². The van der Waals surface area contributed by atoms with Crippen molar-refractivity contribution in [1.82, 2.24) is 0 Å². The minimum absolute atomic E-state index is 0.470. The molecule has 84 valence electrons. The van der Waals surface area contributed by atoms with Crippen molar-refractivity contribution in [2.45, 2.75) is 19.4 Å². The van der Waals surface area contributed by atoms with Crippen molar-refractivity contribution in [3.05, 3.63) is 23.2 Å². The van der Waals surface area contributed by atoms with Gasteiger partial charge >= 0.3 is 0 Å². The Kier molecular flexibility index (Phi) is 3.83. The number of ether oxygens (including phenoxy) is 1. The van der Waals surface area contributed by atoms with E-state index in [1.165, 1.54) is 0 Å². The summed E-state index contributed by atoms with van der Waals surface area (Å²) in [4.78, 5) is 0. The molecular weight excluding hydrogens is 214 g/mol. The molecule has 3 nitrogen and oxygen atoms in total. The van der Waals surface area contributed by atoms with Crippen LogP contribution >= 0.6 is 11.6 Å². The van der Waals surface area contributed by atoms with Crippen LogP contribution in [0.5, 0.6) is 5.75 Å². The molecular formula is C11H16ClNO2. The van der Waals surface area contributed by atoms with E-state index in [1.54, 1.807) is 33.1 Å². The summed E-state index contributed by atoms with van der Waals surface area (Å²) in [5.74, 6) is 0.623. The molecule has 0 atom stereocenters. The summed E-state index contributed by atoms with van der Waals surface area (Å²) >= 11 is 5.88. The van der Waals surface area contributed by atoms with Crippen LogP contribution in [0, 0.1) is 0 Å². The van der Waals surface area contributed by atoms with Gasteiger partial charge in [0.1, 0.15) is 5.75 Å². The smallest absolute Gasteiger partial charge is 0.139 e. The van der Waals surface area contributed by atoms with Gasteiger partial charge in [0, 0.05) is 18.3 Å². The third-order valence-electron chi connectivity index (χ3n) is 1.88. The molecule has 0 radical (unpaired) electrons. The van der Waals surface area contributed by atoms with Crippen LogP contribution in [0.4, 0.5) is 5.69 Å². The van der Waals surface area contributed by atoms with Crippen LogP contribution < -0.4 is 10.1 Å². The zero-order valence-electron chi connectivity index (χ0n) is 9.17. The van der Waals surface area contributed by atoms with Gasteiger partial charge in [0.2, 0.25) is 0 Å². The zero-order chi connectivity index (χ0) is 11.5. The Morgan fingerprint density at radius 3 is 2.67 bits per heavy atom. The molecule has 4 heteroatoms. The third-order valence-corrected chi connectivity index (χ3v) is 2.19. The van der Waals surface area contributed by atoms with E-state index in [1.807, 2.05) is 6.07 Å². The van der Waals surface area contributed by atoms with Gasteiger partial charge in [0.15, 0.2) is 0 Å². The summed E-state index contributed by atoms with van der Waals surface area (Å²) < 4.78 is 5.08. The van der Waals surface area contributed by atoms with Gasteiger partial charge < -0.3 is 15.2 Å². The van der Waals surface area contributed by atoms with Gasteiger partial charge in [-0.1, -0.05) is 11.6 Å². The van der Waals surface area contributed by atoms with E-state index in [-0.39, 0.29) is 0 Å². The molecule has 0 amide bonds. The molecule has 0 fully saturated rings. The average molecular weight is 230 g/mol. The molecule has 2 N–H and O–H groups in total. The second-order valence-corrected chi connectivity index (χ2v) is 4.42. The molecule has 0 spiro atoms. The molecule has 1 aromatic rings. The third kappa shape index (κ3) is 3.98. The maximum absolute atomic E-state index is 9.54. The van der Waals surface area contributed by atoms with Crippen molar-refractivity contribution < 1.29 is 9.84 Å². The number of benzene rings is 1.